The lowest BCUT2D eigenvalue weighted by atomic mass is 9.64. The van der Waals surface area contributed by atoms with E-state index in [-0.39, 0.29) is 41.3 Å². The van der Waals surface area contributed by atoms with Crippen molar-refractivity contribution in [3.8, 4) is 0 Å². The van der Waals surface area contributed by atoms with E-state index in [1.807, 2.05) is 0 Å². The average Bonchev–Trinajstić information content (AvgIpc) is 2.62. The van der Waals surface area contributed by atoms with Crippen LogP contribution < -0.4 is 10.6 Å². The van der Waals surface area contributed by atoms with E-state index in [9.17, 15) is 18.0 Å². The van der Waals surface area contributed by atoms with Gasteiger partial charge in [0.05, 0.1) is 5.56 Å². The number of likely N-dealkylation sites (tertiary alicyclic amines) is 1. The molecule has 0 spiro atoms. The Labute approximate surface area is 186 Å². The van der Waals surface area contributed by atoms with Crippen LogP contribution >= 0.6 is 24.0 Å². The minimum absolute atomic E-state index is 0. The van der Waals surface area contributed by atoms with Crippen molar-refractivity contribution in [2.45, 2.75) is 49.7 Å². The zero-order valence-electron chi connectivity index (χ0n) is 16.7. The Morgan fingerprint density at radius 1 is 1.34 bits per heavy atom. The molecule has 29 heavy (non-hydrogen) atoms. The molecule has 0 radical (unpaired) electrons. The minimum Gasteiger partial charge on any atom is -0.356 e. The van der Waals surface area contributed by atoms with Crippen LogP contribution in [-0.2, 0) is 16.4 Å². The predicted molar refractivity (Wildman–Crippen MR) is 118 cm³/mol. The van der Waals surface area contributed by atoms with Gasteiger partial charge in [0.15, 0.2) is 5.96 Å². The van der Waals surface area contributed by atoms with Gasteiger partial charge in [-0.2, -0.15) is 13.2 Å². The van der Waals surface area contributed by atoms with Crippen LogP contribution in [0.25, 0.3) is 0 Å². The van der Waals surface area contributed by atoms with Crippen molar-refractivity contribution in [3.05, 3.63) is 35.4 Å². The fraction of sp³-hybridized carbons (Fsp3) is 0.600. The van der Waals surface area contributed by atoms with Crippen LogP contribution in [0.5, 0.6) is 0 Å². The van der Waals surface area contributed by atoms with Crippen LogP contribution in [0.4, 0.5) is 13.2 Å². The molecule has 2 aliphatic rings. The van der Waals surface area contributed by atoms with Gasteiger partial charge in [0.1, 0.15) is 0 Å². The molecule has 1 heterocycles. The summed E-state index contributed by atoms with van der Waals surface area (Å²) in [5.74, 6) is 0.755. The molecule has 1 saturated carbocycles. The monoisotopic (exact) mass is 524 g/mol. The van der Waals surface area contributed by atoms with Crippen LogP contribution in [0.2, 0.25) is 0 Å². The second kappa shape index (κ2) is 9.53. The van der Waals surface area contributed by atoms with Gasteiger partial charge in [-0.3, -0.25) is 9.79 Å². The molecule has 0 bridgehead atoms. The Bertz CT molecular complexity index is 749. The van der Waals surface area contributed by atoms with E-state index in [0.717, 1.165) is 37.3 Å². The maximum atomic E-state index is 13.1. The molecule has 9 heteroatoms. The van der Waals surface area contributed by atoms with E-state index in [0.29, 0.717) is 25.5 Å². The third-order valence-electron chi connectivity index (χ3n) is 5.90. The number of nitrogens with one attached hydrogen (secondary N) is 2. The van der Waals surface area contributed by atoms with Crippen LogP contribution in [-0.4, -0.2) is 50.0 Å². The summed E-state index contributed by atoms with van der Waals surface area (Å²) in [7, 11) is 3.45. The topological polar surface area (TPSA) is 56.7 Å². The summed E-state index contributed by atoms with van der Waals surface area (Å²) in [6.07, 6.45) is -0.407. The highest BCUT2D eigenvalue weighted by atomic mass is 127. The molecule has 2 N–H and O–H groups in total. The number of likely N-dealkylation sites (N-methyl/N-ethyl adjacent to an activating group) is 1. The Morgan fingerprint density at radius 3 is 2.62 bits per heavy atom. The van der Waals surface area contributed by atoms with Gasteiger partial charge in [0, 0.05) is 45.1 Å². The van der Waals surface area contributed by atoms with E-state index < -0.39 is 11.7 Å². The van der Waals surface area contributed by atoms with Gasteiger partial charge in [0.2, 0.25) is 5.91 Å². The summed E-state index contributed by atoms with van der Waals surface area (Å²) in [4.78, 5) is 17.6. The highest BCUT2D eigenvalue weighted by molar-refractivity contribution is 14.0. The zero-order chi connectivity index (χ0) is 20.4. The standard InChI is InChI=1S/C20H27F3N4O.HI/c1-24-18(26-16-7-8-17(28)27(2)12-16)25-13-19(9-4-10-19)14-5-3-6-15(11-14)20(21,22)23;/h3,5-6,11,16H,4,7-10,12-13H2,1-2H3,(H2,24,25,26);1H. The number of halogens is 4. The molecule has 1 aliphatic heterocycles. The molecule has 162 valence electrons. The van der Waals surface area contributed by atoms with Gasteiger partial charge < -0.3 is 15.5 Å². The first-order chi connectivity index (χ1) is 13.2. The maximum Gasteiger partial charge on any atom is 0.416 e. The number of piperidine rings is 1. The molecule has 2 fully saturated rings. The Morgan fingerprint density at radius 2 is 2.07 bits per heavy atom. The lowest BCUT2D eigenvalue weighted by Crippen LogP contribution is -2.54. The Hall–Kier alpha value is -1.52. The highest BCUT2D eigenvalue weighted by Gasteiger charge is 2.40. The molecule has 1 amide bonds. The van der Waals surface area contributed by atoms with Crippen LogP contribution in [0.1, 0.15) is 43.2 Å². The third kappa shape index (κ3) is 5.55. The number of aliphatic imine (C=N–C) groups is 1. The summed E-state index contributed by atoms with van der Waals surface area (Å²) in [6.45, 7) is 1.13. The third-order valence-corrected chi connectivity index (χ3v) is 5.90. The summed E-state index contributed by atoms with van der Waals surface area (Å²) in [6, 6.07) is 5.78. The fourth-order valence-electron chi connectivity index (χ4n) is 3.97. The molecule has 1 aromatic carbocycles. The van der Waals surface area contributed by atoms with E-state index >= 15 is 0 Å². The Kier molecular flexibility index (Phi) is 7.80. The maximum absolute atomic E-state index is 13.1. The van der Waals surface area contributed by atoms with Crippen molar-refractivity contribution in [3.63, 3.8) is 0 Å². The summed E-state index contributed by atoms with van der Waals surface area (Å²) < 4.78 is 39.3. The first-order valence-electron chi connectivity index (χ1n) is 9.62. The van der Waals surface area contributed by atoms with Crippen LogP contribution in [0.15, 0.2) is 29.3 Å². The molecular formula is C20H28F3IN4O. The number of hydrogen-bond acceptors (Lipinski definition) is 2. The number of carbonyl (C=O) groups excluding carboxylic acids is 1. The SMILES string of the molecule is CN=C(NCC1(c2cccc(C(F)(F)F)c2)CCC1)NC1CCC(=O)N(C)C1.I. The van der Waals surface area contributed by atoms with Gasteiger partial charge in [0.25, 0.3) is 0 Å². The Balaban J connectivity index is 0.00000300. The van der Waals surface area contributed by atoms with Crippen molar-refractivity contribution in [1.82, 2.24) is 15.5 Å². The average molecular weight is 524 g/mol. The van der Waals surface area contributed by atoms with Crippen molar-refractivity contribution < 1.29 is 18.0 Å². The summed E-state index contributed by atoms with van der Waals surface area (Å²) >= 11 is 0. The number of amides is 1. The summed E-state index contributed by atoms with van der Waals surface area (Å²) in [5.41, 5.74) is -0.189. The number of benzene rings is 1. The van der Waals surface area contributed by atoms with Gasteiger partial charge in [-0.15, -0.1) is 24.0 Å². The fourth-order valence-corrected chi connectivity index (χ4v) is 3.97. The quantitative estimate of drug-likeness (QED) is 0.360. The van der Waals surface area contributed by atoms with Gasteiger partial charge >= 0.3 is 6.18 Å². The molecule has 1 unspecified atom stereocenters. The van der Waals surface area contributed by atoms with E-state index in [2.05, 4.69) is 15.6 Å². The van der Waals surface area contributed by atoms with Gasteiger partial charge in [-0.05, 0) is 30.9 Å². The first-order valence-corrected chi connectivity index (χ1v) is 9.62. The van der Waals surface area contributed by atoms with E-state index in [4.69, 9.17) is 0 Å². The number of hydrogen-bond donors (Lipinski definition) is 2. The van der Waals surface area contributed by atoms with Crippen molar-refractivity contribution in [1.29, 1.82) is 0 Å². The largest absolute Gasteiger partial charge is 0.416 e. The molecule has 1 saturated heterocycles. The molecular weight excluding hydrogens is 496 g/mol. The normalized spacial score (nSPS) is 21.8. The molecule has 3 rings (SSSR count). The van der Waals surface area contributed by atoms with E-state index in [1.165, 1.54) is 12.1 Å². The van der Waals surface area contributed by atoms with Gasteiger partial charge in [-0.25, -0.2) is 0 Å². The lowest BCUT2D eigenvalue weighted by Gasteiger charge is -2.43. The van der Waals surface area contributed by atoms with E-state index in [1.54, 1.807) is 25.1 Å². The molecule has 5 nitrogen and oxygen atoms in total. The molecule has 1 aliphatic carbocycles. The van der Waals surface area contributed by atoms with Crippen LogP contribution in [0, 0.1) is 0 Å². The minimum atomic E-state index is -4.34. The number of guanidine groups is 1. The van der Waals surface area contributed by atoms with Gasteiger partial charge in [-0.1, -0.05) is 24.6 Å². The van der Waals surface area contributed by atoms with Crippen molar-refractivity contribution >= 4 is 35.8 Å². The zero-order valence-corrected chi connectivity index (χ0v) is 19.0. The molecule has 1 atom stereocenters. The first kappa shape index (κ1) is 23.8. The van der Waals surface area contributed by atoms with Crippen LogP contribution in [0.3, 0.4) is 0 Å². The second-order valence-corrected chi connectivity index (χ2v) is 7.79. The number of nitrogens with zero attached hydrogens (tertiary/aromatic N) is 2. The number of carbonyl (C=O) groups is 1. The smallest absolute Gasteiger partial charge is 0.356 e. The second-order valence-electron chi connectivity index (χ2n) is 7.79. The molecule has 1 aromatic rings. The lowest BCUT2D eigenvalue weighted by molar-refractivity contribution is -0.137. The predicted octanol–water partition coefficient (Wildman–Crippen LogP) is 3.53. The molecule has 0 aromatic heterocycles. The number of rotatable bonds is 4. The van der Waals surface area contributed by atoms with Crippen molar-refractivity contribution in [2.24, 2.45) is 4.99 Å². The summed E-state index contributed by atoms with van der Waals surface area (Å²) in [5, 5.41) is 6.63. The van der Waals surface area contributed by atoms with Crippen molar-refractivity contribution in [2.75, 3.05) is 27.2 Å². The highest BCUT2D eigenvalue weighted by Crippen LogP contribution is 2.44. The number of alkyl halides is 3.